The van der Waals surface area contributed by atoms with Crippen LogP contribution in [0.4, 0.5) is 0 Å². The van der Waals surface area contributed by atoms with Crippen LogP contribution in [0.15, 0.2) is 0 Å². The summed E-state index contributed by atoms with van der Waals surface area (Å²) >= 11 is 0. The highest BCUT2D eigenvalue weighted by Crippen LogP contribution is 2.07. The first-order valence-corrected chi connectivity index (χ1v) is 9.97. The molecule has 0 saturated carbocycles. The van der Waals surface area contributed by atoms with Crippen LogP contribution in [0.5, 0.6) is 0 Å². The van der Waals surface area contributed by atoms with E-state index in [-0.39, 0.29) is 12.8 Å². The zero-order valence-corrected chi connectivity index (χ0v) is 17.5. The summed E-state index contributed by atoms with van der Waals surface area (Å²) in [4.78, 5) is 70.6. The lowest BCUT2D eigenvalue weighted by atomic mass is 10.1. The highest BCUT2D eigenvalue weighted by atomic mass is 16.4. The van der Waals surface area contributed by atoms with E-state index in [4.69, 9.17) is 15.9 Å². The molecule has 0 spiro atoms. The number of carbonyl (C=O) groups is 6. The van der Waals surface area contributed by atoms with Crippen LogP contribution >= 0.6 is 0 Å². The topological polar surface area (TPSA) is 237 Å². The van der Waals surface area contributed by atoms with Gasteiger partial charge in [0.2, 0.25) is 23.6 Å². The number of aliphatic hydroxyl groups excluding tert-OH is 1. The number of nitrogens with one attached hydrogen (secondary N) is 4. The zero-order chi connectivity index (χ0) is 24.4. The van der Waals surface area contributed by atoms with Gasteiger partial charge >= 0.3 is 11.9 Å². The van der Waals surface area contributed by atoms with Gasteiger partial charge in [-0.1, -0.05) is 0 Å². The highest BCUT2D eigenvalue weighted by molar-refractivity contribution is 5.95. The molecule has 1 fully saturated rings. The number of carbonyl (C=O) groups excluding carboxylic acids is 4. The normalized spacial score (nSPS) is 19.1. The fourth-order valence-corrected chi connectivity index (χ4v) is 3.03. The number of aliphatic carboxylic acids is 2. The molecule has 1 aliphatic heterocycles. The number of aliphatic hydroxyl groups is 1. The fourth-order valence-electron chi connectivity index (χ4n) is 3.03. The maximum Gasteiger partial charge on any atom is 0.326 e. The van der Waals surface area contributed by atoms with Crippen LogP contribution in [0.3, 0.4) is 0 Å². The number of carboxylic acid groups (broad SMARTS) is 2. The van der Waals surface area contributed by atoms with E-state index in [0.717, 1.165) is 13.3 Å². The standard InChI is InChI=1S/C18H29N5O9/c1-8(24)14(17(30)22-11(18(31)32)7-13(26)27)23-16(29)10(4-5-12(19)25)21-15(28)9-3-2-6-20-9/h8-11,14,20,24H,2-7H2,1H3,(H2,19,25)(H,21,28)(H,22,30)(H,23,29)(H,26,27)(H,31,32). The molecule has 180 valence electrons. The number of carboxylic acids is 2. The van der Waals surface area contributed by atoms with Gasteiger partial charge in [-0.15, -0.1) is 0 Å². The number of hydrogen-bond acceptors (Lipinski definition) is 8. The van der Waals surface area contributed by atoms with Crippen LogP contribution < -0.4 is 27.0 Å². The van der Waals surface area contributed by atoms with Gasteiger partial charge in [0, 0.05) is 6.42 Å². The Hall–Kier alpha value is -3.26. The Morgan fingerprint density at radius 1 is 1.03 bits per heavy atom. The third-order valence-electron chi connectivity index (χ3n) is 4.75. The van der Waals surface area contributed by atoms with Crippen molar-refractivity contribution in [2.24, 2.45) is 5.73 Å². The molecule has 1 rings (SSSR count). The smallest absolute Gasteiger partial charge is 0.326 e. The second-order valence-electron chi connectivity index (χ2n) is 7.44. The van der Waals surface area contributed by atoms with Gasteiger partial charge in [0.25, 0.3) is 0 Å². The summed E-state index contributed by atoms with van der Waals surface area (Å²) in [5.74, 6) is -6.36. The molecule has 5 unspecified atom stereocenters. The zero-order valence-electron chi connectivity index (χ0n) is 17.5. The molecule has 0 aliphatic carbocycles. The van der Waals surface area contributed by atoms with Gasteiger partial charge in [0.15, 0.2) is 0 Å². The highest BCUT2D eigenvalue weighted by Gasteiger charge is 2.34. The quantitative estimate of drug-likeness (QED) is 0.135. The molecule has 9 N–H and O–H groups in total. The summed E-state index contributed by atoms with van der Waals surface area (Å²) in [5.41, 5.74) is 5.11. The molecule has 0 radical (unpaired) electrons. The minimum atomic E-state index is -1.79. The predicted octanol–water partition coefficient (Wildman–Crippen LogP) is -3.60. The minimum absolute atomic E-state index is 0.176. The van der Waals surface area contributed by atoms with Crippen molar-refractivity contribution in [3.8, 4) is 0 Å². The lowest BCUT2D eigenvalue weighted by Gasteiger charge is -2.26. The molecule has 0 aromatic heterocycles. The van der Waals surface area contributed by atoms with Crippen LogP contribution in [0, 0.1) is 0 Å². The molecule has 4 amide bonds. The van der Waals surface area contributed by atoms with E-state index in [1.807, 2.05) is 5.32 Å². The second-order valence-corrected chi connectivity index (χ2v) is 7.44. The molecule has 32 heavy (non-hydrogen) atoms. The Labute approximate surface area is 183 Å². The fraction of sp³-hybridized carbons (Fsp3) is 0.667. The summed E-state index contributed by atoms with van der Waals surface area (Å²) in [7, 11) is 0. The van der Waals surface area contributed by atoms with Crippen molar-refractivity contribution in [1.82, 2.24) is 21.3 Å². The molecule has 1 aliphatic rings. The molecule has 0 bridgehead atoms. The van der Waals surface area contributed by atoms with Gasteiger partial charge < -0.3 is 42.3 Å². The van der Waals surface area contributed by atoms with Crippen molar-refractivity contribution in [1.29, 1.82) is 0 Å². The summed E-state index contributed by atoms with van der Waals surface area (Å²) in [6, 6.07) is -5.24. The van der Waals surface area contributed by atoms with Gasteiger partial charge in [0.05, 0.1) is 18.6 Å². The van der Waals surface area contributed by atoms with Gasteiger partial charge in [-0.2, -0.15) is 0 Å². The van der Waals surface area contributed by atoms with Crippen LogP contribution in [0.1, 0.15) is 39.0 Å². The molecular formula is C18H29N5O9. The third-order valence-corrected chi connectivity index (χ3v) is 4.75. The Kier molecular flexibility index (Phi) is 10.5. The predicted molar refractivity (Wildman–Crippen MR) is 107 cm³/mol. The van der Waals surface area contributed by atoms with E-state index in [1.54, 1.807) is 0 Å². The first kappa shape index (κ1) is 26.8. The molecule has 1 heterocycles. The maximum atomic E-state index is 12.7. The lowest BCUT2D eigenvalue weighted by Crippen LogP contribution is -2.60. The molecule has 0 aromatic carbocycles. The van der Waals surface area contributed by atoms with Gasteiger partial charge in [-0.3, -0.25) is 24.0 Å². The summed E-state index contributed by atoms with van der Waals surface area (Å²) in [6.45, 7) is 1.78. The van der Waals surface area contributed by atoms with Crippen LogP contribution in [0.2, 0.25) is 0 Å². The number of primary amides is 1. The first-order valence-electron chi connectivity index (χ1n) is 9.97. The largest absolute Gasteiger partial charge is 0.481 e. The van der Waals surface area contributed by atoms with Gasteiger partial charge in [0.1, 0.15) is 18.1 Å². The van der Waals surface area contributed by atoms with Gasteiger partial charge in [-0.25, -0.2) is 4.79 Å². The van der Waals surface area contributed by atoms with Crippen molar-refractivity contribution in [3.63, 3.8) is 0 Å². The summed E-state index contributed by atoms with van der Waals surface area (Å²) < 4.78 is 0. The van der Waals surface area contributed by atoms with Crippen LogP contribution in [0.25, 0.3) is 0 Å². The van der Waals surface area contributed by atoms with E-state index in [0.29, 0.717) is 13.0 Å². The third kappa shape index (κ3) is 8.85. The summed E-state index contributed by atoms with van der Waals surface area (Å²) in [6.07, 6.45) is -1.53. The molecular weight excluding hydrogens is 430 g/mol. The van der Waals surface area contributed by atoms with Crippen molar-refractivity contribution in [3.05, 3.63) is 0 Å². The SMILES string of the molecule is CC(O)C(NC(=O)C(CCC(N)=O)NC(=O)C1CCCN1)C(=O)NC(CC(=O)O)C(=O)O. The molecule has 0 aromatic rings. The monoisotopic (exact) mass is 459 g/mol. The van der Waals surface area contributed by atoms with E-state index in [9.17, 15) is 33.9 Å². The lowest BCUT2D eigenvalue weighted by molar-refractivity contribution is -0.148. The second kappa shape index (κ2) is 12.6. The van der Waals surface area contributed by atoms with Gasteiger partial charge in [-0.05, 0) is 32.7 Å². The Morgan fingerprint density at radius 2 is 1.69 bits per heavy atom. The first-order chi connectivity index (χ1) is 14.9. The number of rotatable bonds is 13. The maximum absolute atomic E-state index is 12.7. The minimum Gasteiger partial charge on any atom is -0.481 e. The van der Waals surface area contributed by atoms with Crippen molar-refractivity contribution in [2.45, 2.75) is 69.3 Å². The Bertz CT molecular complexity index is 736. The molecule has 14 nitrogen and oxygen atoms in total. The Morgan fingerprint density at radius 3 is 2.16 bits per heavy atom. The van der Waals surface area contributed by atoms with E-state index in [2.05, 4.69) is 16.0 Å². The van der Waals surface area contributed by atoms with E-state index >= 15 is 0 Å². The van der Waals surface area contributed by atoms with Crippen molar-refractivity contribution in [2.75, 3.05) is 6.54 Å². The van der Waals surface area contributed by atoms with Crippen molar-refractivity contribution < 1.29 is 44.1 Å². The molecule has 1 saturated heterocycles. The summed E-state index contributed by atoms with van der Waals surface area (Å²) in [5, 5.41) is 37.3. The van der Waals surface area contributed by atoms with Crippen LogP contribution in [-0.4, -0.2) is 87.7 Å². The van der Waals surface area contributed by atoms with Crippen molar-refractivity contribution >= 4 is 35.6 Å². The van der Waals surface area contributed by atoms with E-state index in [1.165, 1.54) is 0 Å². The van der Waals surface area contributed by atoms with Crippen LogP contribution in [-0.2, 0) is 28.8 Å². The number of hydrogen-bond donors (Lipinski definition) is 8. The average Bonchev–Trinajstić information content (AvgIpc) is 3.22. The molecule has 5 atom stereocenters. The average molecular weight is 459 g/mol. The van der Waals surface area contributed by atoms with E-state index < -0.39 is 72.3 Å². The molecule has 14 heteroatoms. The number of amides is 4. The number of nitrogens with two attached hydrogens (primary N) is 1. The Balaban J connectivity index is 2.91.